The van der Waals surface area contributed by atoms with Crippen LogP contribution in [0.4, 0.5) is 0 Å². The molecule has 0 saturated heterocycles. The van der Waals surface area contributed by atoms with Gasteiger partial charge in [0, 0.05) is 0 Å². The monoisotopic (exact) mass is 438 g/mol. The second-order valence-corrected chi connectivity index (χ2v) is 5.70. The van der Waals surface area contributed by atoms with Gasteiger partial charge >= 0.3 is 0 Å². The molecule has 0 amide bonds. The Morgan fingerprint density at radius 1 is 1.08 bits per heavy atom. The SMILES string of the molecule is CCn1c[n+](CC(O)COCc2ccccc2)c2ccccc21.[I-]. The summed E-state index contributed by atoms with van der Waals surface area (Å²) in [5.41, 5.74) is 3.44. The summed E-state index contributed by atoms with van der Waals surface area (Å²) in [7, 11) is 0. The third kappa shape index (κ3) is 4.55. The van der Waals surface area contributed by atoms with Crippen LogP contribution in [0.5, 0.6) is 0 Å². The summed E-state index contributed by atoms with van der Waals surface area (Å²) in [6.45, 7) is 4.42. The van der Waals surface area contributed by atoms with Crippen LogP contribution in [-0.2, 0) is 24.4 Å². The molecule has 1 atom stereocenters. The number of benzene rings is 2. The first-order valence-electron chi connectivity index (χ1n) is 8.05. The van der Waals surface area contributed by atoms with Crippen LogP contribution in [0.1, 0.15) is 12.5 Å². The molecule has 1 N–H and O–H groups in total. The van der Waals surface area contributed by atoms with E-state index in [1.165, 1.54) is 5.52 Å². The average Bonchev–Trinajstić information content (AvgIpc) is 2.94. The molecule has 1 aromatic heterocycles. The lowest BCUT2D eigenvalue weighted by Gasteiger charge is -2.09. The number of hydrogen-bond donors (Lipinski definition) is 1. The number of aliphatic hydroxyl groups is 1. The summed E-state index contributed by atoms with van der Waals surface area (Å²) in [6, 6.07) is 18.3. The molecule has 2 aromatic carbocycles. The number of fused-ring (bicyclic) bond motifs is 1. The minimum atomic E-state index is -0.528. The van der Waals surface area contributed by atoms with E-state index >= 15 is 0 Å². The number of aryl methyl sites for hydroxylation is 1. The molecule has 0 aliphatic heterocycles. The van der Waals surface area contributed by atoms with Gasteiger partial charge in [0.2, 0.25) is 6.33 Å². The van der Waals surface area contributed by atoms with Crippen molar-refractivity contribution in [1.82, 2.24) is 4.57 Å². The van der Waals surface area contributed by atoms with Crippen LogP contribution in [-0.4, -0.2) is 22.4 Å². The van der Waals surface area contributed by atoms with Crippen molar-refractivity contribution in [2.24, 2.45) is 0 Å². The van der Waals surface area contributed by atoms with Crippen molar-refractivity contribution in [3.63, 3.8) is 0 Å². The number of hydrogen-bond acceptors (Lipinski definition) is 2. The second-order valence-electron chi connectivity index (χ2n) is 5.70. The van der Waals surface area contributed by atoms with E-state index in [0.717, 1.165) is 17.6 Å². The topological polar surface area (TPSA) is 38.3 Å². The lowest BCUT2D eigenvalue weighted by atomic mass is 10.2. The Kier molecular flexibility index (Phi) is 7.20. The Balaban J connectivity index is 0.00000208. The van der Waals surface area contributed by atoms with Crippen molar-refractivity contribution >= 4 is 11.0 Å². The molecular formula is C19H23IN2O2. The highest BCUT2D eigenvalue weighted by atomic mass is 127. The first-order chi connectivity index (χ1) is 11.3. The van der Waals surface area contributed by atoms with Crippen molar-refractivity contribution < 1.29 is 38.4 Å². The van der Waals surface area contributed by atoms with Crippen LogP contribution in [0, 0.1) is 0 Å². The van der Waals surface area contributed by atoms with Gasteiger partial charge in [-0.15, -0.1) is 0 Å². The van der Waals surface area contributed by atoms with Gasteiger partial charge in [0.05, 0.1) is 19.8 Å². The number of aliphatic hydroxyl groups excluding tert-OH is 1. The Morgan fingerprint density at radius 3 is 2.54 bits per heavy atom. The normalized spacial score (nSPS) is 12.1. The van der Waals surface area contributed by atoms with Gasteiger partial charge in [-0.05, 0) is 24.6 Å². The number of aromatic nitrogens is 2. The summed E-state index contributed by atoms with van der Waals surface area (Å²) in [5.74, 6) is 0. The molecule has 24 heavy (non-hydrogen) atoms. The van der Waals surface area contributed by atoms with E-state index < -0.39 is 6.10 Å². The maximum absolute atomic E-state index is 10.3. The Labute approximate surface area is 159 Å². The summed E-state index contributed by atoms with van der Waals surface area (Å²) in [5, 5.41) is 10.3. The lowest BCUT2D eigenvalue weighted by Crippen LogP contribution is -3.00. The van der Waals surface area contributed by atoms with Crippen LogP contribution in [0.15, 0.2) is 60.9 Å². The largest absolute Gasteiger partial charge is 1.00 e. The summed E-state index contributed by atoms with van der Waals surface area (Å²) in [4.78, 5) is 0. The highest BCUT2D eigenvalue weighted by Crippen LogP contribution is 2.10. The molecule has 0 bridgehead atoms. The van der Waals surface area contributed by atoms with E-state index in [9.17, 15) is 5.11 Å². The van der Waals surface area contributed by atoms with Crippen LogP contribution in [0.2, 0.25) is 0 Å². The van der Waals surface area contributed by atoms with E-state index in [-0.39, 0.29) is 24.0 Å². The maximum Gasteiger partial charge on any atom is 0.244 e. The number of imidazole rings is 1. The van der Waals surface area contributed by atoms with E-state index in [4.69, 9.17) is 4.74 Å². The van der Waals surface area contributed by atoms with Gasteiger partial charge in [-0.3, -0.25) is 0 Å². The van der Waals surface area contributed by atoms with Crippen molar-refractivity contribution in [3.8, 4) is 0 Å². The van der Waals surface area contributed by atoms with Crippen molar-refractivity contribution in [2.45, 2.75) is 32.7 Å². The predicted octanol–water partition coefficient (Wildman–Crippen LogP) is -0.470. The maximum atomic E-state index is 10.3. The zero-order valence-electron chi connectivity index (χ0n) is 13.8. The standard InChI is InChI=1S/C19H23N2O2.HI/c1-2-20-15-21(19-11-7-6-10-18(19)20)12-17(22)14-23-13-16-8-4-3-5-9-16;/h3-11,15,17,22H,2,12-14H2,1H3;1H/q+1;/p-1. The van der Waals surface area contributed by atoms with Gasteiger partial charge in [0.15, 0.2) is 11.0 Å². The third-order valence-electron chi connectivity index (χ3n) is 3.95. The second kappa shape index (κ2) is 9.15. The van der Waals surface area contributed by atoms with Gasteiger partial charge in [-0.1, -0.05) is 42.5 Å². The predicted molar refractivity (Wildman–Crippen MR) is 89.9 cm³/mol. The molecule has 3 aromatic rings. The van der Waals surface area contributed by atoms with E-state index in [1.54, 1.807) is 0 Å². The zero-order valence-corrected chi connectivity index (χ0v) is 16.0. The summed E-state index contributed by atoms with van der Waals surface area (Å²) < 4.78 is 9.91. The molecule has 0 saturated carbocycles. The molecule has 4 nitrogen and oxygen atoms in total. The van der Waals surface area contributed by atoms with E-state index in [2.05, 4.69) is 34.5 Å². The molecule has 5 heteroatoms. The van der Waals surface area contributed by atoms with Gasteiger partial charge in [0.25, 0.3) is 0 Å². The molecule has 1 unspecified atom stereocenters. The Hall–Kier alpha value is -1.44. The minimum Gasteiger partial charge on any atom is -1.00 e. The van der Waals surface area contributed by atoms with Crippen molar-refractivity contribution in [3.05, 3.63) is 66.5 Å². The highest BCUT2D eigenvalue weighted by molar-refractivity contribution is 5.71. The third-order valence-corrected chi connectivity index (χ3v) is 3.95. The lowest BCUT2D eigenvalue weighted by molar-refractivity contribution is -0.679. The zero-order chi connectivity index (χ0) is 16.1. The van der Waals surface area contributed by atoms with Crippen molar-refractivity contribution in [2.75, 3.05) is 6.61 Å². The van der Waals surface area contributed by atoms with Gasteiger partial charge in [-0.25, -0.2) is 9.13 Å². The van der Waals surface area contributed by atoms with E-state index in [1.807, 2.05) is 42.5 Å². The molecule has 0 radical (unpaired) electrons. The smallest absolute Gasteiger partial charge is 0.244 e. The molecule has 0 aliphatic carbocycles. The molecule has 128 valence electrons. The Bertz CT molecular complexity index is 758. The van der Waals surface area contributed by atoms with Crippen LogP contribution >= 0.6 is 0 Å². The minimum absolute atomic E-state index is 0. The fourth-order valence-corrected chi connectivity index (χ4v) is 2.81. The van der Waals surface area contributed by atoms with Gasteiger partial charge in [-0.2, -0.15) is 0 Å². The number of para-hydroxylation sites is 2. The highest BCUT2D eigenvalue weighted by Gasteiger charge is 2.17. The molecule has 3 rings (SSSR count). The Morgan fingerprint density at radius 2 is 1.79 bits per heavy atom. The van der Waals surface area contributed by atoms with Gasteiger partial charge in [0.1, 0.15) is 12.6 Å². The molecule has 0 aliphatic rings. The molecule has 0 fully saturated rings. The number of nitrogens with zero attached hydrogens (tertiary/aromatic N) is 2. The summed E-state index contributed by atoms with van der Waals surface area (Å²) in [6.07, 6.45) is 1.53. The fraction of sp³-hybridized carbons (Fsp3) is 0.316. The fourth-order valence-electron chi connectivity index (χ4n) is 2.81. The first kappa shape index (κ1) is 18.9. The first-order valence-corrected chi connectivity index (χ1v) is 8.05. The van der Waals surface area contributed by atoms with Gasteiger partial charge < -0.3 is 33.8 Å². The number of rotatable bonds is 7. The molecular weight excluding hydrogens is 415 g/mol. The molecule has 0 spiro atoms. The average molecular weight is 438 g/mol. The van der Waals surface area contributed by atoms with Crippen LogP contribution in [0.25, 0.3) is 11.0 Å². The van der Waals surface area contributed by atoms with E-state index in [0.29, 0.717) is 19.8 Å². The number of ether oxygens (including phenoxy) is 1. The van der Waals surface area contributed by atoms with Crippen LogP contribution in [0.3, 0.4) is 0 Å². The van der Waals surface area contributed by atoms with Crippen molar-refractivity contribution in [1.29, 1.82) is 0 Å². The molecule has 1 heterocycles. The summed E-state index contributed by atoms with van der Waals surface area (Å²) >= 11 is 0. The van der Waals surface area contributed by atoms with Crippen LogP contribution < -0.4 is 28.5 Å². The quantitative estimate of drug-likeness (QED) is 0.400. The number of halogens is 1.